The Bertz CT molecular complexity index is 762. The molecule has 0 aliphatic heterocycles. The monoisotopic (exact) mass is 283 g/mol. The zero-order valence-electron chi connectivity index (χ0n) is 11.5. The van der Waals surface area contributed by atoms with E-state index in [4.69, 9.17) is 10.3 Å². The molecule has 1 heterocycles. The van der Waals surface area contributed by atoms with E-state index in [1.54, 1.807) is 6.07 Å². The molecular formula is C16H14FN3O. The first-order valence-corrected chi connectivity index (χ1v) is 6.56. The lowest BCUT2D eigenvalue weighted by atomic mass is 10.1. The minimum atomic E-state index is -0.472. The molecule has 0 aliphatic rings. The van der Waals surface area contributed by atoms with Crippen LogP contribution in [0.15, 0.2) is 47.0 Å². The number of nitrogen functional groups attached to an aromatic ring is 1. The first-order chi connectivity index (χ1) is 10.1. The third-order valence-corrected chi connectivity index (χ3v) is 3.17. The van der Waals surface area contributed by atoms with Crippen LogP contribution in [-0.2, 0) is 6.42 Å². The number of aryl methyl sites for hydroxylation is 1. The molecule has 3 aromatic rings. The van der Waals surface area contributed by atoms with Crippen molar-refractivity contribution in [1.29, 1.82) is 0 Å². The van der Waals surface area contributed by atoms with Crippen molar-refractivity contribution in [3.05, 3.63) is 65.2 Å². The average molecular weight is 283 g/mol. The predicted octanol–water partition coefficient (Wildman–Crippen LogP) is 3.36. The standard InChI is InChI=1S/C16H14FN3O/c1-10-4-2-5-11(8-10)9-14-19-16(21-20-14)15-12(17)6-3-7-13(15)18/h2-8H,9,18H2,1H3. The molecule has 21 heavy (non-hydrogen) atoms. The molecule has 2 aromatic carbocycles. The van der Waals surface area contributed by atoms with Gasteiger partial charge < -0.3 is 10.3 Å². The van der Waals surface area contributed by atoms with Gasteiger partial charge in [0.1, 0.15) is 5.82 Å². The maximum atomic E-state index is 13.8. The van der Waals surface area contributed by atoms with E-state index in [1.165, 1.54) is 12.1 Å². The van der Waals surface area contributed by atoms with Crippen molar-refractivity contribution in [2.45, 2.75) is 13.3 Å². The van der Waals surface area contributed by atoms with Crippen LogP contribution in [0, 0.1) is 12.7 Å². The summed E-state index contributed by atoms with van der Waals surface area (Å²) in [7, 11) is 0. The van der Waals surface area contributed by atoms with Crippen LogP contribution < -0.4 is 5.73 Å². The van der Waals surface area contributed by atoms with E-state index in [2.05, 4.69) is 10.1 Å². The van der Waals surface area contributed by atoms with Crippen LogP contribution >= 0.6 is 0 Å². The first-order valence-electron chi connectivity index (χ1n) is 6.56. The van der Waals surface area contributed by atoms with Crippen molar-refractivity contribution >= 4 is 5.69 Å². The van der Waals surface area contributed by atoms with Gasteiger partial charge in [-0.15, -0.1) is 0 Å². The average Bonchev–Trinajstić information content (AvgIpc) is 2.87. The number of anilines is 1. The molecule has 0 spiro atoms. The van der Waals surface area contributed by atoms with Gasteiger partial charge >= 0.3 is 0 Å². The van der Waals surface area contributed by atoms with Gasteiger partial charge in [-0.2, -0.15) is 4.98 Å². The molecule has 5 heteroatoms. The molecule has 0 saturated heterocycles. The Morgan fingerprint density at radius 3 is 2.76 bits per heavy atom. The lowest BCUT2D eigenvalue weighted by molar-refractivity contribution is 0.422. The fourth-order valence-electron chi connectivity index (χ4n) is 2.20. The summed E-state index contributed by atoms with van der Waals surface area (Å²) in [6.07, 6.45) is 0.527. The van der Waals surface area contributed by atoms with Crippen molar-refractivity contribution in [2.24, 2.45) is 0 Å². The molecule has 0 bridgehead atoms. The Labute approximate surface area is 121 Å². The number of nitrogens with zero attached hydrogens (tertiary/aromatic N) is 2. The van der Waals surface area contributed by atoms with E-state index in [9.17, 15) is 4.39 Å². The summed E-state index contributed by atoms with van der Waals surface area (Å²) in [6, 6.07) is 12.5. The molecular weight excluding hydrogens is 269 g/mol. The Balaban J connectivity index is 1.90. The normalized spacial score (nSPS) is 10.8. The second-order valence-electron chi connectivity index (χ2n) is 4.89. The molecule has 4 nitrogen and oxygen atoms in total. The molecule has 0 atom stereocenters. The number of hydrogen-bond acceptors (Lipinski definition) is 4. The fraction of sp³-hybridized carbons (Fsp3) is 0.125. The van der Waals surface area contributed by atoms with Gasteiger partial charge in [0.25, 0.3) is 5.89 Å². The van der Waals surface area contributed by atoms with Crippen LogP contribution in [0.5, 0.6) is 0 Å². The quantitative estimate of drug-likeness (QED) is 0.748. The van der Waals surface area contributed by atoms with Crippen LogP contribution in [-0.4, -0.2) is 10.1 Å². The minimum absolute atomic E-state index is 0.105. The zero-order chi connectivity index (χ0) is 14.8. The molecule has 0 unspecified atom stereocenters. The number of hydrogen-bond donors (Lipinski definition) is 1. The molecule has 106 valence electrons. The summed E-state index contributed by atoms with van der Waals surface area (Å²) < 4.78 is 19.0. The van der Waals surface area contributed by atoms with Gasteiger partial charge in [-0.25, -0.2) is 4.39 Å². The molecule has 2 N–H and O–H groups in total. The largest absolute Gasteiger partial charge is 0.398 e. The van der Waals surface area contributed by atoms with Crippen LogP contribution in [0.3, 0.4) is 0 Å². The highest BCUT2D eigenvalue weighted by atomic mass is 19.1. The Hall–Kier alpha value is -2.69. The highest BCUT2D eigenvalue weighted by Gasteiger charge is 2.16. The number of aromatic nitrogens is 2. The fourth-order valence-corrected chi connectivity index (χ4v) is 2.20. The van der Waals surface area contributed by atoms with E-state index < -0.39 is 5.82 Å². The number of nitrogens with two attached hydrogens (primary N) is 1. The molecule has 1 aromatic heterocycles. The third kappa shape index (κ3) is 2.76. The molecule has 0 fully saturated rings. The predicted molar refractivity (Wildman–Crippen MR) is 78.1 cm³/mol. The van der Waals surface area contributed by atoms with Gasteiger partial charge in [0.2, 0.25) is 0 Å². The zero-order valence-corrected chi connectivity index (χ0v) is 11.5. The van der Waals surface area contributed by atoms with Crippen molar-refractivity contribution in [3.8, 4) is 11.5 Å². The summed E-state index contributed by atoms with van der Waals surface area (Å²) in [5.41, 5.74) is 8.43. The summed E-state index contributed by atoms with van der Waals surface area (Å²) in [6.45, 7) is 2.02. The lowest BCUT2D eigenvalue weighted by Crippen LogP contribution is -1.94. The number of benzene rings is 2. The van der Waals surface area contributed by atoms with Gasteiger partial charge in [0.05, 0.1) is 5.56 Å². The van der Waals surface area contributed by atoms with Gasteiger partial charge in [-0.1, -0.05) is 41.1 Å². The summed E-state index contributed by atoms with van der Waals surface area (Å²) in [5, 5.41) is 3.89. The van der Waals surface area contributed by atoms with Crippen LogP contribution in [0.4, 0.5) is 10.1 Å². The maximum absolute atomic E-state index is 13.8. The SMILES string of the molecule is Cc1cccc(Cc2noc(-c3c(N)cccc3F)n2)c1. The van der Waals surface area contributed by atoms with E-state index >= 15 is 0 Å². The summed E-state index contributed by atoms with van der Waals surface area (Å²) in [4.78, 5) is 4.23. The smallest absolute Gasteiger partial charge is 0.263 e. The van der Waals surface area contributed by atoms with Crippen molar-refractivity contribution in [2.75, 3.05) is 5.73 Å². The molecule has 0 radical (unpaired) electrons. The summed E-state index contributed by atoms with van der Waals surface area (Å²) in [5.74, 6) is 0.132. The second-order valence-corrected chi connectivity index (χ2v) is 4.89. The number of halogens is 1. The van der Waals surface area contributed by atoms with Crippen LogP contribution in [0.1, 0.15) is 17.0 Å². The maximum Gasteiger partial charge on any atom is 0.263 e. The van der Waals surface area contributed by atoms with E-state index in [-0.39, 0.29) is 17.1 Å². The van der Waals surface area contributed by atoms with Gasteiger partial charge in [-0.3, -0.25) is 0 Å². The molecule has 0 aliphatic carbocycles. The van der Waals surface area contributed by atoms with Crippen molar-refractivity contribution in [3.63, 3.8) is 0 Å². The highest BCUT2D eigenvalue weighted by molar-refractivity contribution is 5.70. The Morgan fingerprint density at radius 1 is 1.19 bits per heavy atom. The highest BCUT2D eigenvalue weighted by Crippen LogP contribution is 2.27. The van der Waals surface area contributed by atoms with Gasteiger partial charge in [-0.05, 0) is 24.6 Å². The van der Waals surface area contributed by atoms with Gasteiger partial charge in [0, 0.05) is 12.1 Å². The first kappa shape index (κ1) is 13.3. The lowest BCUT2D eigenvalue weighted by Gasteiger charge is -2.00. The van der Waals surface area contributed by atoms with Gasteiger partial charge in [0.15, 0.2) is 5.82 Å². The van der Waals surface area contributed by atoms with Crippen LogP contribution in [0.2, 0.25) is 0 Å². The van der Waals surface area contributed by atoms with E-state index in [0.29, 0.717) is 12.2 Å². The molecule has 3 rings (SSSR count). The second kappa shape index (κ2) is 5.36. The molecule has 0 saturated carbocycles. The van der Waals surface area contributed by atoms with Crippen molar-refractivity contribution < 1.29 is 8.91 Å². The Morgan fingerprint density at radius 2 is 2.00 bits per heavy atom. The minimum Gasteiger partial charge on any atom is -0.398 e. The third-order valence-electron chi connectivity index (χ3n) is 3.17. The Kier molecular flexibility index (Phi) is 3.39. The van der Waals surface area contributed by atoms with Crippen LogP contribution in [0.25, 0.3) is 11.5 Å². The topological polar surface area (TPSA) is 64.9 Å². The summed E-state index contributed by atoms with van der Waals surface area (Å²) >= 11 is 0. The number of rotatable bonds is 3. The van der Waals surface area contributed by atoms with Crippen molar-refractivity contribution in [1.82, 2.24) is 10.1 Å². The van der Waals surface area contributed by atoms with E-state index in [1.807, 2.05) is 31.2 Å². The molecule has 0 amide bonds. The van der Waals surface area contributed by atoms with E-state index in [0.717, 1.165) is 11.1 Å².